The Morgan fingerprint density at radius 3 is 2.55 bits per heavy atom. The van der Waals surface area contributed by atoms with Gasteiger partial charge in [0.25, 0.3) is 5.91 Å². The van der Waals surface area contributed by atoms with Crippen molar-refractivity contribution in [3.05, 3.63) is 69.7 Å². The van der Waals surface area contributed by atoms with Gasteiger partial charge in [-0.25, -0.2) is 4.79 Å². The monoisotopic (exact) mass is 475 g/mol. The molecule has 172 valence electrons. The third-order valence-electron chi connectivity index (χ3n) is 5.18. The molecule has 2 heterocycles. The van der Waals surface area contributed by atoms with Crippen LogP contribution in [-0.2, 0) is 6.18 Å². The number of amides is 3. The third-order valence-corrected chi connectivity index (χ3v) is 6.21. The van der Waals surface area contributed by atoms with E-state index in [9.17, 15) is 22.8 Å². The number of alkyl halides is 3. The van der Waals surface area contributed by atoms with E-state index in [0.29, 0.717) is 30.1 Å². The molecule has 3 aromatic rings. The minimum absolute atomic E-state index is 0.0518. The molecule has 2 aromatic carbocycles. The van der Waals surface area contributed by atoms with E-state index in [2.05, 4.69) is 20.8 Å². The van der Waals surface area contributed by atoms with Crippen LogP contribution in [0.3, 0.4) is 0 Å². The van der Waals surface area contributed by atoms with Gasteiger partial charge in [-0.15, -0.1) is 10.2 Å². The minimum Gasteiger partial charge on any atom is -0.320 e. The standard InChI is InChI=1S/C22H20F3N5O2S/c1-13-7-9-15(10-8-13)26-18(31)20-29-28-19(33-20)17-6-3-11-30(17)21(32)27-16-5-2-4-14(12-16)22(23,24)25/h2,4-5,7-10,12,17H,3,6,11H2,1H3,(H,26,31)(H,27,32)/t17-/m1/s1. The average molecular weight is 475 g/mol. The molecule has 2 N–H and O–H groups in total. The smallest absolute Gasteiger partial charge is 0.320 e. The first-order valence-corrected chi connectivity index (χ1v) is 11.0. The minimum atomic E-state index is -4.50. The van der Waals surface area contributed by atoms with Gasteiger partial charge in [0, 0.05) is 17.9 Å². The second-order valence-electron chi connectivity index (χ2n) is 7.63. The Hall–Kier alpha value is -3.47. The summed E-state index contributed by atoms with van der Waals surface area (Å²) in [5.74, 6) is -0.402. The summed E-state index contributed by atoms with van der Waals surface area (Å²) < 4.78 is 38.8. The lowest BCUT2D eigenvalue weighted by molar-refractivity contribution is -0.137. The highest BCUT2D eigenvalue weighted by Crippen LogP contribution is 2.35. The predicted molar refractivity (Wildman–Crippen MR) is 118 cm³/mol. The average Bonchev–Trinajstić information content (AvgIpc) is 3.44. The number of halogens is 3. The number of nitrogens with one attached hydrogen (secondary N) is 2. The molecule has 0 spiro atoms. The largest absolute Gasteiger partial charge is 0.416 e. The number of carbonyl (C=O) groups excluding carboxylic acids is 2. The maximum atomic E-state index is 12.9. The molecule has 1 fully saturated rings. The Morgan fingerprint density at radius 2 is 1.82 bits per heavy atom. The summed E-state index contributed by atoms with van der Waals surface area (Å²) in [4.78, 5) is 26.8. The number of urea groups is 1. The first-order valence-electron chi connectivity index (χ1n) is 10.2. The maximum Gasteiger partial charge on any atom is 0.416 e. The molecule has 1 saturated heterocycles. The number of rotatable bonds is 4. The number of carbonyl (C=O) groups is 2. The van der Waals surface area contributed by atoms with Crippen molar-refractivity contribution in [3.63, 3.8) is 0 Å². The number of hydrogen-bond donors (Lipinski definition) is 2. The van der Waals surface area contributed by atoms with Crippen LogP contribution in [0.1, 0.15) is 44.8 Å². The molecule has 1 aromatic heterocycles. The van der Waals surface area contributed by atoms with Crippen LogP contribution >= 0.6 is 11.3 Å². The lowest BCUT2D eigenvalue weighted by Gasteiger charge is -2.23. The number of aryl methyl sites for hydroxylation is 1. The van der Waals surface area contributed by atoms with Crippen LogP contribution in [0.4, 0.5) is 29.3 Å². The Morgan fingerprint density at radius 1 is 1.06 bits per heavy atom. The summed E-state index contributed by atoms with van der Waals surface area (Å²) in [7, 11) is 0. The highest BCUT2D eigenvalue weighted by atomic mass is 32.1. The number of aromatic nitrogens is 2. The van der Waals surface area contributed by atoms with Crippen LogP contribution in [0, 0.1) is 6.92 Å². The number of anilines is 2. The van der Waals surface area contributed by atoms with E-state index in [-0.39, 0.29) is 10.7 Å². The van der Waals surface area contributed by atoms with Crippen molar-refractivity contribution < 1.29 is 22.8 Å². The van der Waals surface area contributed by atoms with Crippen molar-refractivity contribution in [2.24, 2.45) is 0 Å². The summed E-state index contributed by atoms with van der Waals surface area (Å²) >= 11 is 1.09. The molecule has 4 rings (SSSR count). The van der Waals surface area contributed by atoms with Crippen LogP contribution in [-0.4, -0.2) is 33.6 Å². The Labute approximate surface area is 191 Å². The second kappa shape index (κ2) is 9.18. The van der Waals surface area contributed by atoms with Gasteiger partial charge >= 0.3 is 12.2 Å². The fourth-order valence-electron chi connectivity index (χ4n) is 3.52. The molecule has 3 amide bonds. The van der Waals surface area contributed by atoms with Gasteiger partial charge < -0.3 is 15.5 Å². The number of hydrogen-bond acceptors (Lipinski definition) is 5. The lowest BCUT2D eigenvalue weighted by atomic mass is 10.2. The fourth-order valence-corrected chi connectivity index (χ4v) is 4.40. The lowest BCUT2D eigenvalue weighted by Crippen LogP contribution is -2.34. The van der Waals surface area contributed by atoms with Crippen molar-refractivity contribution in [2.45, 2.75) is 32.0 Å². The number of likely N-dealkylation sites (tertiary alicyclic amines) is 1. The fraction of sp³-hybridized carbons (Fsp3) is 0.273. The highest BCUT2D eigenvalue weighted by Gasteiger charge is 2.34. The van der Waals surface area contributed by atoms with E-state index >= 15 is 0 Å². The normalized spacial score (nSPS) is 16.0. The van der Waals surface area contributed by atoms with Gasteiger partial charge in [0.2, 0.25) is 5.01 Å². The molecule has 33 heavy (non-hydrogen) atoms. The van der Waals surface area contributed by atoms with Gasteiger partial charge in [-0.3, -0.25) is 4.79 Å². The van der Waals surface area contributed by atoms with E-state index in [0.717, 1.165) is 29.0 Å². The van der Waals surface area contributed by atoms with Gasteiger partial charge in [0.1, 0.15) is 5.01 Å². The van der Waals surface area contributed by atoms with E-state index in [4.69, 9.17) is 0 Å². The van der Waals surface area contributed by atoms with E-state index in [1.165, 1.54) is 17.0 Å². The first kappa shape index (κ1) is 22.7. The highest BCUT2D eigenvalue weighted by molar-refractivity contribution is 7.13. The molecule has 0 unspecified atom stereocenters. The van der Waals surface area contributed by atoms with Gasteiger partial charge in [0.05, 0.1) is 11.6 Å². The van der Waals surface area contributed by atoms with Crippen LogP contribution in [0.25, 0.3) is 0 Å². The quantitative estimate of drug-likeness (QED) is 0.523. The second-order valence-corrected chi connectivity index (χ2v) is 8.63. The van der Waals surface area contributed by atoms with Crippen molar-refractivity contribution in [3.8, 4) is 0 Å². The van der Waals surface area contributed by atoms with E-state index in [1.807, 2.05) is 19.1 Å². The molecular formula is C22H20F3N5O2S. The van der Waals surface area contributed by atoms with Gasteiger partial charge in [0.15, 0.2) is 0 Å². The van der Waals surface area contributed by atoms with Crippen molar-refractivity contribution in [2.75, 3.05) is 17.2 Å². The molecule has 1 aliphatic heterocycles. The molecule has 11 heteroatoms. The van der Waals surface area contributed by atoms with Crippen LogP contribution < -0.4 is 10.6 Å². The van der Waals surface area contributed by atoms with Crippen LogP contribution in [0.5, 0.6) is 0 Å². The molecular weight excluding hydrogens is 455 g/mol. The van der Waals surface area contributed by atoms with Crippen LogP contribution in [0.15, 0.2) is 48.5 Å². The summed E-state index contributed by atoms with van der Waals surface area (Å²) in [6, 6.07) is 10.9. The topological polar surface area (TPSA) is 87.2 Å². The summed E-state index contributed by atoms with van der Waals surface area (Å²) in [5, 5.41) is 14.0. The van der Waals surface area contributed by atoms with Crippen LogP contribution in [0.2, 0.25) is 0 Å². The zero-order valence-electron chi connectivity index (χ0n) is 17.5. The Kier molecular flexibility index (Phi) is 6.32. The van der Waals surface area contributed by atoms with Gasteiger partial charge in [-0.05, 0) is 50.1 Å². The van der Waals surface area contributed by atoms with E-state index < -0.39 is 29.7 Å². The summed E-state index contributed by atoms with van der Waals surface area (Å²) in [5.41, 5.74) is 0.906. The zero-order valence-corrected chi connectivity index (χ0v) is 18.3. The van der Waals surface area contributed by atoms with Crippen molar-refractivity contribution in [1.29, 1.82) is 0 Å². The maximum absolute atomic E-state index is 12.9. The molecule has 7 nitrogen and oxygen atoms in total. The molecule has 1 aliphatic rings. The Balaban J connectivity index is 1.44. The van der Waals surface area contributed by atoms with Crippen molar-refractivity contribution >= 4 is 34.6 Å². The zero-order chi connectivity index (χ0) is 23.6. The summed E-state index contributed by atoms with van der Waals surface area (Å²) in [6.45, 7) is 2.36. The molecule has 0 saturated carbocycles. The Bertz CT molecular complexity index is 1160. The molecule has 1 atom stereocenters. The van der Waals surface area contributed by atoms with Crippen molar-refractivity contribution in [1.82, 2.24) is 15.1 Å². The molecule has 0 bridgehead atoms. The van der Waals surface area contributed by atoms with Gasteiger partial charge in [-0.2, -0.15) is 13.2 Å². The van der Waals surface area contributed by atoms with Gasteiger partial charge in [-0.1, -0.05) is 35.1 Å². The molecule has 0 aliphatic carbocycles. The molecule has 0 radical (unpaired) electrons. The SMILES string of the molecule is Cc1ccc(NC(=O)c2nnc([C@H]3CCCN3C(=O)Nc3cccc(C(F)(F)F)c3)s2)cc1. The predicted octanol–water partition coefficient (Wildman–Crippen LogP) is 5.49. The number of nitrogens with zero attached hydrogens (tertiary/aromatic N) is 3. The third kappa shape index (κ3) is 5.30. The van der Waals surface area contributed by atoms with E-state index in [1.54, 1.807) is 12.1 Å². The number of benzene rings is 2. The first-order chi connectivity index (χ1) is 15.7. The summed E-state index contributed by atoms with van der Waals surface area (Å²) in [6.07, 6.45) is -3.19.